The van der Waals surface area contributed by atoms with E-state index in [0.717, 1.165) is 11.3 Å². The Bertz CT molecular complexity index is 447. The Morgan fingerprint density at radius 2 is 2.36 bits per heavy atom. The van der Waals surface area contributed by atoms with Crippen LogP contribution in [0.25, 0.3) is 11.5 Å². The molecule has 0 aliphatic rings. The molecule has 2 heterocycles. The molecule has 2 N–H and O–H groups in total. The Hall–Kier alpha value is -1.07. The van der Waals surface area contributed by atoms with Crippen molar-refractivity contribution in [3.05, 3.63) is 28.5 Å². The smallest absolute Gasteiger partial charge is 0.231 e. The number of oxazole rings is 1. The van der Waals surface area contributed by atoms with Gasteiger partial charge in [-0.05, 0) is 28.9 Å². The predicted molar refractivity (Wildman–Crippen MR) is 54.5 cm³/mol. The molecule has 0 aliphatic carbocycles. The van der Waals surface area contributed by atoms with Gasteiger partial charge in [-0.3, -0.25) is 0 Å². The number of aromatic nitrogens is 1. The van der Waals surface area contributed by atoms with Gasteiger partial charge in [0.2, 0.25) is 5.89 Å². The van der Waals surface area contributed by atoms with Crippen molar-refractivity contribution in [2.45, 2.75) is 13.5 Å². The summed E-state index contributed by atoms with van der Waals surface area (Å²) in [4.78, 5) is 4.25. The number of nitrogens with zero attached hydrogens (tertiary/aromatic N) is 1. The molecule has 0 aliphatic heterocycles. The van der Waals surface area contributed by atoms with Gasteiger partial charge in [0.1, 0.15) is 5.76 Å². The quantitative estimate of drug-likeness (QED) is 0.897. The molecule has 0 fully saturated rings. The van der Waals surface area contributed by atoms with Crippen LogP contribution in [0.2, 0.25) is 0 Å². The molecule has 0 atom stereocenters. The SMILES string of the molecule is Cc1nc(-c2ccoc2Br)oc1CN. The second-order valence-electron chi connectivity index (χ2n) is 2.84. The maximum atomic E-state index is 5.49. The molecule has 0 amide bonds. The predicted octanol–water partition coefficient (Wildman–Crippen LogP) is 2.46. The number of hydrogen-bond acceptors (Lipinski definition) is 4. The van der Waals surface area contributed by atoms with Crippen molar-refractivity contribution in [2.24, 2.45) is 5.73 Å². The third kappa shape index (κ3) is 1.49. The highest BCUT2D eigenvalue weighted by molar-refractivity contribution is 9.10. The van der Waals surface area contributed by atoms with Crippen molar-refractivity contribution in [3.63, 3.8) is 0 Å². The Morgan fingerprint density at radius 3 is 2.86 bits per heavy atom. The molecular weight excluding hydrogens is 248 g/mol. The summed E-state index contributed by atoms with van der Waals surface area (Å²) in [7, 11) is 0. The first-order valence-electron chi connectivity index (χ1n) is 4.12. The van der Waals surface area contributed by atoms with Gasteiger partial charge >= 0.3 is 0 Å². The molecule has 0 bridgehead atoms. The van der Waals surface area contributed by atoms with Gasteiger partial charge in [0.15, 0.2) is 4.67 Å². The summed E-state index contributed by atoms with van der Waals surface area (Å²) >= 11 is 3.26. The lowest BCUT2D eigenvalue weighted by Crippen LogP contribution is -1.95. The lowest BCUT2D eigenvalue weighted by atomic mass is 10.3. The van der Waals surface area contributed by atoms with Gasteiger partial charge < -0.3 is 14.6 Å². The number of halogens is 1. The van der Waals surface area contributed by atoms with E-state index in [1.165, 1.54) is 0 Å². The Balaban J connectivity index is 2.47. The molecule has 0 spiro atoms. The first-order valence-corrected chi connectivity index (χ1v) is 4.91. The van der Waals surface area contributed by atoms with E-state index in [4.69, 9.17) is 14.6 Å². The van der Waals surface area contributed by atoms with E-state index in [1.807, 2.05) is 6.92 Å². The number of hydrogen-bond donors (Lipinski definition) is 1. The third-order valence-corrected chi connectivity index (χ3v) is 2.54. The average molecular weight is 257 g/mol. The van der Waals surface area contributed by atoms with Crippen molar-refractivity contribution in [2.75, 3.05) is 0 Å². The van der Waals surface area contributed by atoms with Crippen molar-refractivity contribution in [1.29, 1.82) is 0 Å². The zero-order valence-corrected chi connectivity index (χ0v) is 9.17. The topological polar surface area (TPSA) is 65.2 Å². The zero-order valence-electron chi connectivity index (χ0n) is 7.58. The number of rotatable bonds is 2. The lowest BCUT2D eigenvalue weighted by molar-refractivity contribution is 0.512. The van der Waals surface area contributed by atoms with Gasteiger partial charge in [0, 0.05) is 0 Å². The number of nitrogens with two attached hydrogens (primary N) is 1. The Labute approximate surface area is 89.2 Å². The van der Waals surface area contributed by atoms with Crippen LogP contribution in [0.1, 0.15) is 11.5 Å². The minimum absolute atomic E-state index is 0.355. The first kappa shape index (κ1) is 9.48. The molecule has 2 aromatic rings. The van der Waals surface area contributed by atoms with Gasteiger partial charge in [-0.1, -0.05) is 0 Å². The molecule has 14 heavy (non-hydrogen) atoms. The van der Waals surface area contributed by atoms with Crippen molar-refractivity contribution in [1.82, 2.24) is 4.98 Å². The highest BCUT2D eigenvalue weighted by Gasteiger charge is 2.14. The van der Waals surface area contributed by atoms with Gasteiger partial charge in [-0.25, -0.2) is 4.98 Å². The molecule has 2 aromatic heterocycles. The fourth-order valence-electron chi connectivity index (χ4n) is 1.18. The molecule has 5 heteroatoms. The molecule has 74 valence electrons. The first-order chi connectivity index (χ1) is 6.72. The summed E-state index contributed by atoms with van der Waals surface area (Å²) in [6.45, 7) is 2.22. The van der Waals surface area contributed by atoms with Crippen LogP contribution in [0.15, 0.2) is 25.8 Å². The van der Waals surface area contributed by atoms with E-state index in [0.29, 0.717) is 22.9 Å². The highest BCUT2D eigenvalue weighted by atomic mass is 79.9. The van der Waals surface area contributed by atoms with Crippen LogP contribution in [0.5, 0.6) is 0 Å². The molecule has 0 unspecified atom stereocenters. The number of furan rings is 1. The summed E-state index contributed by atoms with van der Waals surface area (Å²) in [5, 5.41) is 0. The zero-order chi connectivity index (χ0) is 10.1. The Kier molecular flexibility index (Phi) is 2.43. The fraction of sp³-hybridized carbons (Fsp3) is 0.222. The van der Waals surface area contributed by atoms with Crippen molar-refractivity contribution in [3.8, 4) is 11.5 Å². The summed E-state index contributed by atoms with van der Waals surface area (Å²) in [6.07, 6.45) is 1.57. The molecule has 0 saturated carbocycles. The number of aryl methyl sites for hydroxylation is 1. The van der Waals surface area contributed by atoms with Crippen molar-refractivity contribution >= 4 is 15.9 Å². The summed E-state index contributed by atoms with van der Waals surface area (Å²) < 4.78 is 11.2. The van der Waals surface area contributed by atoms with E-state index >= 15 is 0 Å². The largest absolute Gasteiger partial charge is 0.457 e. The van der Waals surface area contributed by atoms with Crippen molar-refractivity contribution < 1.29 is 8.83 Å². The molecule has 0 aromatic carbocycles. The summed E-state index contributed by atoms with van der Waals surface area (Å²) in [5.41, 5.74) is 7.10. The normalized spacial score (nSPS) is 10.8. The molecular formula is C9H9BrN2O2. The van der Waals surface area contributed by atoms with Crippen LogP contribution >= 0.6 is 15.9 Å². The van der Waals surface area contributed by atoms with Gasteiger partial charge in [0.25, 0.3) is 0 Å². The molecule has 2 rings (SSSR count). The minimum atomic E-state index is 0.355. The van der Waals surface area contributed by atoms with Crippen LogP contribution in [0.4, 0.5) is 0 Å². The monoisotopic (exact) mass is 256 g/mol. The molecule has 4 nitrogen and oxygen atoms in total. The van der Waals surface area contributed by atoms with Gasteiger partial charge in [-0.15, -0.1) is 0 Å². The van der Waals surface area contributed by atoms with Gasteiger partial charge in [-0.2, -0.15) is 0 Å². The van der Waals surface area contributed by atoms with Crippen LogP contribution < -0.4 is 5.73 Å². The maximum absolute atomic E-state index is 5.49. The fourth-order valence-corrected chi connectivity index (χ4v) is 1.59. The van der Waals surface area contributed by atoms with E-state index in [1.54, 1.807) is 12.3 Å². The van der Waals surface area contributed by atoms with E-state index < -0.39 is 0 Å². The highest BCUT2D eigenvalue weighted by Crippen LogP contribution is 2.29. The second kappa shape index (κ2) is 3.59. The summed E-state index contributed by atoms with van der Waals surface area (Å²) in [6, 6.07) is 1.79. The van der Waals surface area contributed by atoms with Crippen LogP contribution in [-0.4, -0.2) is 4.98 Å². The molecule has 0 radical (unpaired) electrons. The van der Waals surface area contributed by atoms with E-state index in [9.17, 15) is 0 Å². The third-order valence-electron chi connectivity index (χ3n) is 1.93. The summed E-state index contributed by atoms with van der Waals surface area (Å²) in [5.74, 6) is 1.23. The standard InChI is InChI=1S/C9H9BrN2O2/c1-5-7(4-11)14-9(12-5)6-2-3-13-8(6)10/h2-3H,4,11H2,1H3. The van der Waals surface area contributed by atoms with E-state index in [2.05, 4.69) is 20.9 Å². The average Bonchev–Trinajstić information content (AvgIpc) is 2.71. The minimum Gasteiger partial charge on any atom is -0.457 e. The van der Waals surface area contributed by atoms with Crippen LogP contribution in [0, 0.1) is 6.92 Å². The van der Waals surface area contributed by atoms with Gasteiger partial charge in [0.05, 0.1) is 24.1 Å². The molecule has 0 saturated heterocycles. The maximum Gasteiger partial charge on any atom is 0.231 e. The van der Waals surface area contributed by atoms with Crippen LogP contribution in [-0.2, 0) is 6.54 Å². The van der Waals surface area contributed by atoms with Crippen LogP contribution in [0.3, 0.4) is 0 Å². The second-order valence-corrected chi connectivity index (χ2v) is 3.56. The van der Waals surface area contributed by atoms with E-state index in [-0.39, 0.29) is 0 Å². The lowest BCUT2D eigenvalue weighted by Gasteiger charge is -1.89. The Morgan fingerprint density at radius 1 is 1.57 bits per heavy atom.